The second kappa shape index (κ2) is 8.59. The first-order chi connectivity index (χ1) is 7.65. The van der Waals surface area contributed by atoms with Crippen LogP contribution < -0.4 is 10.6 Å². The second-order valence-corrected chi connectivity index (χ2v) is 4.05. The molecule has 0 aliphatic rings. The van der Waals surface area contributed by atoms with Crippen LogP contribution in [0.4, 0.5) is 0 Å². The van der Waals surface area contributed by atoms with Crippen LogP contribution in [0.3, 0.4) is 0 Å². The van der Waals surface area contributed by atoms with Crippen molar-refractivity contribution in [1.29, 1.82) is 0 Å². The molecule has 2 N–H and O–H groups in total. The van der Waals surface area contributed by atoms with Crippen LogP contribution in [0.2, 0.25) is 10.0 Å². The third kappa shape index (κ3) is 5.59. The van der Waals surface area contributed by atoms with Crippen LogP contribution in [0.25, 0.3) is 0 Å². The molecule has 3 nitrogen and oxygen atoms in total. The molecule has 0 fully saturated rings. The minimum atomic E-state index is -0.142. The quantitative estimate of drug-likeness (QED) is 0.821. The highest BCUT2D eigenvalue weighted by Crippen LogP contribution is 2.22. The molecule has 0 saturated carbocycles. The minimum Gasteiger partial charge on any atom is -0.351 e. The van der Waals surface area contributed by atoms with Crippen molar-refractivity contribution in [2.45, 2.75) is 6.92 Å². The summed E-state index contributed by atoms with van der Waals surface area (Å²) in [5.41, 5.74) is 0.519. The van der Waals surface area contributed by atoms with Crippen LogP contribution >= 0.6 is 35.6 Å². The average molecular weight is 298 g/mol. The number of hydrogen-bond donors (Lipinski definition) is 2. The molecule has 0 unspecified atom stereocenters. The van der Waals surface area contributed by atoms with Gasteiger partial charge < -0.3 is 10.6 Å². The van der Waals surface area contributed by atoms with Crippen LogP contribution in [-0.2, 0) is 0 Å². The van der Waals surface area contributed by atoms with E-state index in [2.05, 4.69) is 10.6 Å². The van der Waals surface area contributed by atoms with Crippen LogP contribution in [0.1, 0.15) is 17.3 Å². The Morgan fingerprint density at radius 1 is 1.24 bits per heavy atom. The molecule has 1 amide bonds. The van der Waals surface area contributed by atoms with Crippen LogP contribution in [0.15, 0.2) is 18.2 Å². The summed E-state index contributed by atoms with van der Waals surface area (Å²) >= 11 is 11.6. The fourth-order valence-corrected chi connectivity index (χ4v) is 1.48. The third-order valence-electron chi connectivity index (χ3n) is 2.02. The van der Waals surface area contributed by atoms with Gasteiger partial charge in [0.2, 0.25) is 0 Å². The SMILES string of the molecule is CCNCCNC(=O)c1ccc(Cl)c(Cl)c1.Cl. The van der Waals surface area contributed by atoms with E-state index in [0.29, 0.717) is 22.2 Å². The zero-order valence-corrected chi connectivity index (χ0v) is 11.8. The number of halogens is 3. The molecule has 96 valence electrons. The van der Waals surface area contributed by atoms with E-state index in [1.165, 1.54) is 0 Å². The van der Waals surface area contributed by atoms with Gasteiger partial charge in [0.15, 0.2) is 0 Å². The van der Waals surface area contributed by atoms with Gasteiger partial charge in [0, 0.05) is 18.7 Å². The summed E-state index contributed by atoms with van der Waals surface area (Å²) in [6, 6.07) is 4.83. The Bertz CT molecular complexity index is 372. The number of nitrogens with one attached hydrogen (secondary N) is 2. The van der Waals surface area contributed by atoms with Crippen LogP contribution in [0, 0.1) is 0 Å². The summed E-state index contributed by atoms with van der Waals surface area (Å²) in [5.74, 6) is -0.142. The number of carbonyl (C=O) groups is 1. The van der Waals surface area contributed by atoms with E-state index in [4.69, 9.17) is 23.2 Å². The lowest BCUT2D eigenvalue weighted by Gasteiger charge is -2.06. The molecule has 0 spiro atoms. The molecule has 0 aliphatic heterocycles. The normalized spacial score (nSPS) is 9.59. The van der Waals surface area contributed by atoms with Crippen molar-refractivity contribution in [2.24, 2.45) is 0 Å². The molecule has 1 aromatic carbocycles. The first kappa shape index (κ1) is 16.5. The molecule has 1 rings (SSSR count). The van der Waals surface area contributed by atoms with Crippen molar-refractivity contribution >= 4 is 41.5 Å². The van der Waals surface area contributed by atoms with Gasteiger partial charge in [0.25, 0.3) is 5.91 Å². The molecule has 0 atom stereocenters. The molecule has 0 aliphatic carbocycles. The van der Waals surface area contributed by atoms with Crippen molar-refractivity contribution < 1.29 is 4.79 Å². The largest absolute Gasteiger partial charge is 0.351 e. The van der Waals surface area contributed by atoms with Crippen LogP contribution in [0.5, 0.6) is 0 Å². The topological polar surface area (TPSA) is 41.1 Å². The highest BCUT2D eigenvalue weighted by Gasteiger charge is 2.06. The van der Waals surface area contributed by atoms with E-state index in [0.717, 1.165) is 13.1 Å². The minimum absolute atomic E-state index is 0. The first-order valence-corrected chi connectivity index (χ1v) is 5.84. The van der Waals surface area contributed by atoms with E-state index < -0.39 is 0 Å². The number of carbonyl (C=O) groups excluding carboxylic acids is 1. The number of hydrogen-bond acceptors (Lipinski definition) is 2. The van der Waals surface area contributed by atoms with E-state index >= 15 is 0 Å². The molecule has 0 heterocycles. The lowest BCUT2D eigenvalue weighted by Crippen LogP contribution is -2.31. The molecule has 0 aromatic heterocycles. The van der Waals surface area contributed by atoms with Crippen molar-refractivity contribution in [3.8, 4) is 0 Å². The second-order valence-electron chi connectivity index (χ2n) is 3.24. The average Bonchev–Trinajstić information content (AvgIpc) is 2.28. The van der Waals surface area contributed by atoms with Gasteiger partial charge in [0.05, 0.1) is 10.0 Å². The third-order valence-corrected chi connectivity index (χ3v) is 2.76. The van der Waals surface area contributed by atoms with Crippen molar-refractivity contribution in [2.75, 3.05) is 19.6 Å². The highest BCUT2D eigenvalue weighted by molar-refractivity contribution is 6.42. The van der Waals surface area contributed by atoms with Crippen LogP contribution in [-0.4, -0.2) is 25.5 Å². The Hall–Kier alpha value is -0.480. The lowest BCUT2D eigenvalue weighted by molar-refractivity contribution is 0.0954. The Labute approximate surface area is 117 Å². The van der Waals surface area contributed by atoms with Gasteiger partial charge in [-0.25, -0.2) is 0 Å². The van der Waals surface area contributed by atoms with Gasteiger partial charge in [-0.05, 0) is 24.7 Å². The summed E-state index contributed by atoms with van der Waals surface area (Å²) in [4.78, 5) is 11.6. The fraction of sp³-hybridized carbons (Fsp3) is 0.364. The van der Waals surface area contributed by atoms with Gasteiger partial charge in [-0.15, -0.1) is 12.4 Å². The maximum atomic E-state index is 11.6. The Morgan fingerprint density at radius 2 is 1.94 bits per heavy atom. The van der Waals surface area contributed by atoms with Gasteiger partial charge in [-0.2, -0.15) is 0 Å². The molecular weight excluding hydrogens is 282 g/mol. The Kier molecular flexibility index (Phi) is 8.35. The monoisotopic (exact) mass is 296 g/mol. The number of likely N-dealkylation sites (N-methyl/N-ethyl adjacent to an activating group) is 1. The van der Waals surface area contributed by atoms with E-state index in [-0.39, 0.29) is 18.3 Å². The summed E-state index contributed by atoms with van der Waals surface area (Å²) in [6.45, 7) is 4.25. The predicted molar refractivity (Wildman–Crippen MR) is 74.6 cm³/mol. The number of rotatable bonds is 5. The van der Waals surface area contributed by atoms with E-state index in [9.17, 15) is 4.79 Å². The summed E-state index contributed by atoms with van der Waals surface area (Å²) in [7, 11) is 0. The van der Waals surface area contributed by atoms with Gasteiger partial charge in [0.1, 0.15) is 0 Å². The molecule has 0 bridgehead atoms. The molecule has 17 heavy (non-hydrogen) atoms. The first-order valence-electron chi connectivity index (χ1n) is 5.09. The molecule has 0 saturated heterocycles. The summed E-state index contributed by atoms with van der Waals surface area (Å²) < 4.78 is 0. The van der Waals surface area contributed by atoms with Crippen molar-refractivity contribution in [1.82, 2.24) is 10.6 Å². The van der Waals surface area contributed by atoms with Crippen molar-refractivity contribution in [3.05, 3.63) is 33.8 Å². The van der Waals surface area contributed by atoms with Gasteiger partial charge in [-0.1, -0.05) is 30.1 Å². The zero-order chi connectivity index (χ0) is 12.0. The smallest absolute Gasteiger partial charge is 0.251 e. The Balaban J connectivity index is 0.00000256. The number of benzene rings is 1. The molecule has 6 heteroatoms. The maximum Gasteiger partial charge on any atom is 0.251 e. The van der Waals surface area contributed by atoms with Gasteiger partial charge in [-0.3, -0.25) is 4.79 Å². The van der Waals surface area contributed by atoms with Crippen molar-refractivity contribution in [3.63, 3.8) is 0 Å². The molecular formula is C11H15Cl3N2O. The summed E-state index contributed by atoms with van der Waals surface area (Å²) in [6.07, 6.45) is 0. The number of amides is 1. The fourth-order valence-electron chi connectivity index (χ4n) is 1.18. The standard InChI is InChI=1S/C11H14Cl2N2O.ClH/c1-2-14-5-6-15-11(16)8-3-4-9(12)10(13)7-8;/h3-4,7,14H,2,5-6H2,1H3,(H,15,16);1H. The van der Waals surface area contributed by atoms with Gasteiger partial charge >= 0.3 is 0 Å². The molecule has 0 radical (unpaired) electrons. The maximum absolute atomic E-state index is 11.6. The highest BCUT2D eigenvalue weighted by atomic mass is 35.5. The predicted octanol–water partition coefficient (Wildman–Crippen LogP) is 2.75. The van der Waals surface area contributed by atoms with E-state index in [1.54, 1.807) is 18.2 Å². The van der Waals surface area contributed by atoms with E-state index in [1.807, 2.05) is 6.92 Å². The lowest BCUT2D eigenvalue weighted by atomic mass is 10.2. The summed E-state index contributed by atoms with van der Waals surface area (Å²) in [5, 5.41) is 6.73. The zero-order valence-electron chi connectivity index (χ0n) is 9.43. The Morgan fingerprint density at radius 3 is 2.53 bits per heavy atom. The molecule has 1 aromatic rings.